The van der Waals surface area contributed by atoms with Gasteiger partial charge in [0.1, 0.15) is 11.0 Å². The first-order valence-electron chi connectivity index (χ1n) is 6.86. The van der Waals surface area contributed by atoms with Crippen molar-refractivity contribution in [2.75, 3.05) is 0 Å². The molecule has 0 aliphatic rings. The lowest BCUT2D eigenvalue weighted by Gasteiger charge is -2.18. The zero-order chi connectivity index (χ0) is 14.9. The number of nitrogens with zero attached hydrogens (tertiary/aromatic N) is 2. The number of hydrogen-bond donors (Lipinski definition) is 0. The van der Waals surface area contributed by atoms with Crippen LogP contribution in [0.25, 0.3) is 0 Å². The van der Waals surface area contributed by atoms with Crippen LogP contribution in [0.15, 0.2) is 24.3 Å². The molecule has 1 aromatic carbocycles. The quantitative estimate of drug-likeness (QED) is 0.753. The van der Waals surface area contributed by atoms with Gasteiger partial charge in [-0.3, -0.25) is 0 Å². The summed E-state index contributed by atoms with van der Waals surface area (Å²) in [5.74, 6) is 0.783. The third-order valence-corrected chi connectivity index (χ3v) is 3.64. The van der Waals surface area contributed by atoms with Crippen LogP contribution in [0.4, 0.5) is 0 Å². The first-order chi connectivity index (χ1) is 9.25. The topological polar surface area (TPSA) is 25.8 Å². The van der Waals surface area contributed by atoms with Gasteiger partial charge in [0.15, 0.2) is 0 Å². The maximum Gasteiger partial charge on any atom is 0.134 e. The molecule has 106 valence electrons. The Morgan fingerprint density at radius 2 is 1.70 bits per heavy atom. The number of aryl methyl sites for hydroxylation is 2. The van der Waals surface area contributed by atoms with Crippen molar-refractivity contribution in [1.29, 1.82) is 0 Å². The summed E-state index contributed by atoms with van der Waals surface area (Å²) in [6, 6.07) is 8.31. The molecule has 0 saturated heterocycles. The average molecular weight is 289 g/mol. The Morgan fingerprint density at radius 3 is 2.30 bits per heavy atom. The molecule has 0 spiro atoms. The lowest BCUT2D eigenvalue weighted by molar-refractivity contribution is 0.563. The van der Waals surface area contributed by atoms with Crippen LogP contribution >= 0.6 is 11.6 Å². The first-order valence-corrected chi connectivity index (χ1v) is 7.23. The highest BCUT2D eigenvalue weighted by Crippen LogP contribution is 2.23. The monoisotopic (exact) mass is 288 g/mol. The Labute approximate surface area is 126 Å². The average Bonchev–Trinajstić information content (AvgIpc) is 2.32. The lowest BCUT2D eigenvalue weighted by Crippen LogP contribution is -2.15. The third kappa shape index (κ3) is 3.57. The standard InChI is InChI=1S/C17H21ClN2/c1-11-6-7-13(8-12(11)2)9-16-19-14(17(3,4)5)10-15(18)20-16/h6-8,10H,9H2,1-5H3. The number of benzene rings is 1. The molecule has 1 aromatic heterocycles. The van der Waals surface area contributed by atoms with Crippen LogP contribution in [0.1, 0.15) is 49.0 Å². The zero-order valence-corrected chi connectivity index (χ0v) is 13.5. The Balaban J connectivity index is 2.33. The summed E-state index contributed by atoms with van der Waals surface area (Å²) < 4.78 is 0. The van der Waals surface area contributed by atoms with Gasteiger partial charge in [0.25, 0.3) is 0 Å². The summed E-state index contributed by atoms with van der Waals surface area (Å²) in [6.45, 7) is 10.6. The van der Waals surface area contributed by atoms with E-state index in [1.54, 1.807) is 0 Å². The SMILES string of the molecule is Cc1ccc(Cc2nc(Cl)cc(C(C)(C)C)n2)cc1C. The molecule has 0 bridgehead atoms. The van der Waals surface area contributed by atoms with E-state index in [0.717, 1.165) is 11.5 Å². The van der Waals surface area contributed by atoms with Crippen molar-refractivity contribution < 1.29 is 0 Å². The van der Waals surface area contributed by atoms with E-state index in [4.69, 9.17) is 11.6 Å². The Bertz CT molecular complexity index is 627. The Morgan fingerprint density at radius 1 is 1.00 bits per heavy atom. The lowest BCUT2D eigenvalue weighted by atomic mass is 9.92. The van der Waals surface area contributed by atoms with E-state index >= 15 is 0 Å². The van der Waals surface area contributed by atoms with E-state index in [-0.39, 0.29) is 5.41 Å². The van der Waals surface area contributed by atoms with E-state index < -0.39 is 0 Å². The van der Waals surface area contributed by atoms with Crippen molar-refractivity contribution in [1.82, 2.24) is 9.97 Å². The highest BCUT2D eigenvalue weighted by molar-refractivity contribution is 6.29. The van der Waals surface area contributed by atoms with Crippen LogP contribution in [-0.4, -0.2) is 9.97 Å². The molecule has 2 aromatic rings. The summed E-state index contributed by atoms with van der Waals surface area (Å²) in [5, 5.41) is 0.517. The van der Waals surface area contributed by atoms with Gasteiger partial charge in [-0.2, -0.15) is 0 Å². The van der Waals surface area contributed by atoms with Crippen molar-refractivity contribution in [3.8, 4) is 0 Å². The molecule has 0 radical (unpaired) electrons. The van der Waals surface area contributed by atoms with Crippen molar-refractivity contribution in [2.45, 2.75) is 46.5 Å². The molecule has 2 nitrogen and oxygen atoms in total. The number of hydrogen-bond acceptors (Lipinski definition) is 2. The minimum Gasteiger partial charge on any atom is -0.237 e. The molecule has 0 N–H and O–H groups in total. The molecule has 3 heteroatoms. The highest BCUT2D eigenvalue weighted by atomic mass is 35.5. The van der Waals surface area contributed by atoms with E-state index in [0.29, 0.717) is 11.6 Å². The predicted octanol–water partition coefficient (Wildman–Crippen LogP) is 4.64. The van der Waals surface area contributed by atoms with Gasteiger partial charge in [-0.1, -0.05) is 50.6 Å². The van der Waals surface area contributed by atoms with Crippen LogP contribution < -0.4 is 0 Å². The summed E-state index contributed by atoms with van der Waals surface area (Å²) in [5.41, 5.74) is 4.77. The van der Waals surface area contributed by atoms with E-state index in [9.17, 15) is 0 Å². The van der Waals surface area contributed by atoms with Gasteiger partial charge in [0.05, 0.1) is 5.69 Å². The van der Waals surface area contributed by atoms with Crippen LogP contribution in [0.5, 0.6) is 0 Å². The van der Waals surface area contributed by atoms with Crippen molar-refractivity contribution in [3.05, 3.63) is 57.6 Å². The predicted molar refractivity (Wildman–Crippen MR) is 84.5 cm³/mol. The molecule has 0 unspecified atom stereocenters. The van der Waals surface area contributed by atoms with Gasteiger partial charge in [-0.25, -0.2) is 9.97 Å². The molecule has 0 aliphatic heterocycles. The summed E-state index contributed by atoms with van der Waals surface area (Å²) in [6.07, 6.45) is 0.713. The van der Waals surface area contributed by atoms with Crippen molar-refractivity contribution in [2.24, 2.45) is 0 Å². The molecule has 0 amide bonds. The summed E-state index contributed by atoms with van der Waals surface area (Å²) >= 11 is 6.13. The van der Waals surface area contributed by atoms with Crippen LogP contribution in [-0.2, 0) is 11.8 Å². The molecular weight excluding hydrogens is 268 g/mol. The second-order valence-corrected chi connectivity index (χ2v) is 6.72. The van der Waals surface area contributed by atoms with Gasteiger partial charge in [0.2, 0.25) is 0 Å². The molecule has 20 heavy (non-hydrogen) atoms. The maximum atomic E-state index is 6.13. The maximum absolute atomic E-state index is 6.13. The number of aromatic nitrogens is 2. The van der Waals surface area contributed by atoms with E-state index in [2.05, 4.69) is 62.8 Å². The fourth-order valence-corrected chi connectivity index (χ4v) is 2.22. The Kier molecular flexibility index (Phi) is 4.14. The fourth-order valence-electron chi connectivity index (χ4n) is 2.02. The Hall–Kier alpha value is -1.41. The second kappa shape index (κ2) is 5.53. The number of halogens is 1. The van der Waals surface area contributed by atoms with Crippen LogP contribution in [0.3, 0.4) is 0 Å². The normalized spacial score (nSPS) is 11.7. The van der Waals surface area contributed by atoms with Gasteiger partial charge < -0.3 is 0 Å². The van der Waals surface area contributed by atoms with E-state index in [1.165, 1.54) is 16.7 Å². The second-order valence-electron chi connectivity index (χ2n) is 6.34. The summed E-state index contributed by atoms with van der Waals surface area (Å²) in [4.78, 5) is 9.01. The van der Waals surface area contributed by atoms with Crippen molar-refractivity contribution in [3.63, 3.8) is 0 Å². The summed E-state index contributed by atoms with van der Waals surface area (Å²) in [7, 11) is 0. The molecule has 0 aliphatic carbocycles. The first kappa shape index (κ1) is 15.0. The number of rotatable bonds is 2. The molecule has 0 fully saturated rings. The minimum absolute atomic E-state index is 0.0233. The molecule has 1 heterocycles. The molecule has 2 rings (SSSR count). The third-order valence-electron chi connectivity index (χ3n) is 3.44. The zero-order valence-electron chi connectivity index (χ0n) is 12.8. The molecule has 0 saturated carbocycles. The van der Waals surface area contributed by atoms with Crippen LogP contribution in [0, 0.1) is 13.8 Å². The smallest absolute Gasteiger partial charge is 0.134 e. The molecular formula is C17H21ClN2. The van der Waals surface area contributed by atoms with Crippen LogP contribution in [0.2, 0.25) is 5.15 Å². The minimum atomic E-state index is -0.0233. The van der Waals surface area contributed by atoms with Gasteiger partial charge in [0, 0.05) is 11.8 Å². The largest absolute Gasteiger partial charge is 0.237 e. The molecule has 0 atom stereocenters. The van der Waals surface area contributed by atoms with Gasteiger partial charge in [-0.15, -0.1) is 0 Å². The highest BCUT2D eigenvalue weighted by Gasteiger charge is 2.17. The fraction of sp³-hybridized carbons (Fsp3) is 0.412. The van der Waals surface area contributed by atoms with E-state index in [1.807, 2.05) is 6.07 Å². The van der Waals surface area contributed by atoms with Gasteiger partial charge in [-0.05, 0) is 36.6 Å². The van der Waals surface area contributed by atoms with Crippen molar-refractivity contribution >= 4 is 11.6 Å². The van der Waals surface area contributed by atoms with Gasteiger partial charge >= 0.3 is 0 Å².